The average molecular weight is 388 g/mol. The third kappa shape index (κ3) is 4.31. The van der Waals surface area contributed by atoms with Crippen molar-refractivity contribution in [1.29, 1.82) is 0 Å². The number of fused-ring (bicyclic) bond motifs is 1. The van der Waals surface area contributed by atoms with E-state index in [0.29, 0.717) is 12.4 Å². The van der Waals surface area contributed by atoms with Gasteiger partial charge in [-0.3, -0.25) is 4.79 Å². The number of carbonyl (C=O) groups is 1. The van der Waals surface area contributed by atoms with Crippen LogP contribution in [-0.4, -0.2) is 33.5 Å². The maximum atomic E-state index is 12.6. The lowest BCUT2D eigenvalue weighted by Gasteiger charge is -2.22. The highest BCUT2D eigenvalue weighted by Crippen LogP contribution is 2.32. The Labute approximate surface area is 160 Å². The molecule has 0 bridgehead atoms. The smallest absolute Gasteiger partial charge is 0.240 e. The van der Waals surface area contributed by atoms with E-state index in [1.165, 1.54) is 12.1 Å². The quantitative estimate of drug-likeness (QED) is 0.791. The van der Waals surface area contributed by atoms with Gasteiger partial charge in [0.05, 0.1) is 11.5 Å². The zero-order valence-electron chi connectivity index (χ0n) is 15.5. The van der Waals surface area contributed by atoms with Crippen molar-refractivity contribution in [2.45, 2.75) is 37.6 Å². The molecule has 0 aliphatic carbocycles. The summed E-state index contributed by atoms with van der Waals surface area (Å²) in [6.45, 7) is 4.44. The number of sulfonamides is 1. The highest BCUT2D eigenvalue weighted by Gasteiger charge is 2.30. The van der Waals surface area contributed by atoms with Crippen LogP contribution in [0.3, 0.4) is 0 Å². The molecule has 1 amide bonds. The Balaban J connectivity index is 1.59. The summed E-state index contributed by atoms with van der Waals surface area (Å²) in [5, 5.41) is 0. The summed E-state index contributed by atoms with van der Waals surface area (Å²) in [5.41, 5.74) is 2.07. The van der Waals surface area contributed by atoms with E-state index < -0.39 is 10.0 Å². The van der Waals surface area contributed by atoms with E-state index in [4.69, 9.17) is 4.74 Å². The highest BCUT2D eigenvalue weighted by atomic mass is 32.2. The summed E-state index contributed by atoms with van der Waals surface area (Å²) in [5.74, 6) is 0.537. The van der Waals surface area contributed by atoms with Gasteiger partial charge in [0.2, 0.25) is 15.9 Å². The molecule has 0 saturated carbocycles. The molecule has 6 nitrogen and oxygen atoms in total. The molecule has 0 saturated heterocycles. The summed E-state index contributed by atoms with van der Waals surface area (Å²) in [6.07, 6.45) is 0.925. The molecule has 0 fully saturated rings. The average Bonchev–Trinajstić information content (AvgIpc) is 2.98. The molecule has 144 valence electrons. The molecule has 1 aliphatic rings. The first kappa shape index (κ1) is 19.4. The number of anilines is 1. The van der Waals surface area contributed by atoms with E-state index in [1.54, 1.807) is 17.0 Å². The monoisotopic (exact) mass is 388 g/mol. The molecule has 0 spiro atoms. The van der Waals surface area contributed by atoms with Crippen molar-refractivity contribution >= 4 is 21.6 Å². The van der Waals surface area contributed by atoms with Gasteiger partial charge < -0.3 is 9.64 Å². The van der Waals surface area contributed by atoms with Crippen LogP contribution in [0.2, 0.25) is 0 Å². The molecule has 2 aromatic rings. The van der Waals surface area contributed by atoms with Crippen molar-refractivity contribution in [1.82, 2.24) is 4.72 Å². The van der Waals surface area contributed by atoms with Crippen molar-refractivity contribution in [3.8, 4) is 5.75 Å². The fraction of sp³-hybridized carbons (Fsp3) is 0.350. The molecule has 2 aromatic carbocycles. The third-order valence-electron chi connectivity index (χ3n) is 4.55. The van der Waals surface area contributed by atoms with Gasteiger partial charge in [-0.05, 0) is 56.2 Å². The minimum atomic E-state index is -3.66. The summed E-state index contributed by atoms with van der Waals surface area (Å²) >= 11 is 0. The van der Waals surface area contributed by atoms with Gasteiger partial charge in [0.15, 0.2) is 0 Å². The summed E-state index contributed by atoms with van der Waals surface area (Å²) in [7, 11) is -3.66. The Morgan fingerprint density at radius 1 is 1.19 bits per heavy atom. The predicted molar refractivity (Wildman–Crippen MR) is 105 cm³/mol. The SMILES string of the molecule is CCOc1ccc(S(=O)(=O)NCCC(=O)N2c3ccccc3CC2C)cc1. The Kier molecular flexibility index (Phi) is 5.82. The van der Waals surface area contributed by atoms with E-state index in [9.17, 15) is 13.2 Å². The van der Waals surface area contributed by atoms with Crippen LogP contribution in [0.4, 0.5) is 5.69 Å². The van der Waals surface area contributed by atoms with Crippen molar-refractivity contribution in [2.24, 2.45) is 0 Å². The van der Waals surface area contributed by atoms with Gasteiger partial charge in [-0.15, -0.1) is 0 Å². The van der Waals surface area contributed by atoms with Gasteiger partial charge >= 0.3 is 0 Å². The lowest BCUT2D eigenvalue weighted by Crippen LogP contribution is -2.38. The fourth-order valence-corrected chi connectivity index (χ4v) is 4.36. The number of para-hydroxylation sites is 1. The second kappa shape index (κ2) is 8.10. The molecule has 3 rings (SSSR count). The Hall–Kier alpha value is -2.38. The number of hydrogen-bond donors (Lipinski definition) is 1. The third-order valence-corrected chi connectivity index (χ3v) is 6.03. The van der Waals surface area contributed by atoms with Gasteiger partial charge in [0, 0.05) is 24.7 Å². The van der Waals surface area contributed by atoms with Gasteiger partial charge in [-0.25, -0.2) is 13.1 Å². The minimum Gasteiger partial charge on any atom is -0.494 e. The lowest BCUT2D eigenvalue weighted by molar-refractivity contribution is -0.118. The maximum Gasteiger partial charge on any atom is 0.240 e. The lowest BCUT2D eigenvalue weighted by atomic mass is 10.1. The zero-order valence-corrected chi connectivity index (χ0v) is 16.3. The van der Waals surface area contributed by atoms with Crippen molar-refractivity contribution in [3.63, 3.8) is 0 Å². The summed E-state index contributed by atoms with van der Waals surface area (Å²) in [6, 6.07) is 14.1. The highest BCUT2D eigenvalue weighted by molar-refractivity contribution is 7.89. The van der Waals surface area contributed by atoms with Crippen LogP contribution in [0.1, 0.15) is 25.8 Å². The van der Waals surface area contributed by atoms with Gasteiger partial charge in [0.1, 0.15) is 5.75 Å². The van der Waals surface area contributed by atoms with Crippen LogP contribution >= 0.6 is 0 Å². The molecule has 0 aromatic heterocycles. The molecule has 0 radical (unpaired) electrons. The number of amides is 1. The van der Waals surface area contributed by atoms with E-state index in [2.05, 4.69) is 4.72 Å². The topological polar surface area (TPSA) is 75.7 Å². The van der Waals surface area contributed by atoms with E-state index in [1.807, 2.05) is 38.1 Å². The number of rotatable bonds is 7. The number of nitrogens with one attached hydrogen (secondary N) is 1. The van der Waals surface area contributed by atoms with Crippen molar-refractivity contribution < 1.29 is 17.9 Å². The predicted octanol–water partition coefficient (Wildman–Crippen LogP) is 2.73. The number of carbonyl (C=O) groups excluding carboxylic acids is 1. The molecular formula is C20H24N2O4S. The van der Waals surface area contributed by atoms with Crippen LogP contribution in [0, 0.1) is 0 Å². The number of nitrogens with zero attached hydrogens (tertiary/aromatic N) is 1. The molecule has 1 aliphatic heterocycles. The van der Waals surface area contributed by atoms with Crippen LogP contribution in [0.25, 0.3) is 0 Å². The van der Waals surface area contributed by atoms with Gasteiger partial charge in [-0.1, -0.05) is 18.2 Å². The first-order valence-electron chi connectivity index (χ1n) is 9.05. The summed E-state index contributed by atoms with van der Waals surface area (Å²) < 4.78 is 32.6. The second-order valence-corrected chi connectivity index (χ2v) is 8.26. The minimum absolute atomic E-state index is 0.0553. The van der Waals surface area contributed by atoms with Crippen LogP contribution in [0.5, 0.6) is 5.75 Å². The van der Waals surface area contributed by atoms with Crippen LogP contribution in [0.15, 0.2) is 53.4 Å². The van der Waals surface area contributed by atoms with Gasteiger partial charge in [-0.2, -0.15) is 0 Å². The first-order chi connectivity index (χ1) is 12.9. The molecule has 1 atom stereocenters. The van der Waals surface area contributed by atoms with E-state index in [0.717, 1.165) is 17.7 Å². The zero-order chi connectivity index (χ0) is 19.4. The summed E-state index contributed by atoms with van der Waals surface area (Å²) in [4.78, 5) is 14.5. The van der Waals surface area contributed by atoms with Crippen molar-refractivity contribution in [2.75, 3.05) is 18.1 Å². The van der Waals surface area contributed by atoms with E-state index in [-0.39, 0.29) is 29.8 Å². The molecule has 1 heterocycles. The Morgan fingerprint density at radius 2 is 1.89 bits per heavy atom. The van der Waals surface area contributed by atoms with E-state index >= 15 is 0 Å². The second-order valence-electron chi connectivity index (χ2n) is 6.50. The van der Waals surface area contributed by atoms with Crippen molar-refractivity contribution in [3.05, 3.63) is 54.1 Å². The molecule has 7 heteroatoms. The van der Waals surface area contributed by atoms with Crippen LogP contribution < -0.4 is 14.4 Å². The standard InChI is InChI=1S/C20H24N2O4S/c1-3-26-17-8-10-18(11-9-17)27(24,25)21-13-12-20(23)22-15(2)14-16-6-4-5-7-19(16)22/h4-11,15,21H,3,12-14H2,1-2H3. The molecule has 27 heavy (non-hydrogen) atoms. The number of ether oxygens (including phenoxy) is 1. The molecular weight excluding hydrogens is 364 g/mol. The number of hydrogen-bond acceptors (Lipinski definition) is 4. The normalized spacial score (nSPS) is 16.2. The first-order valence-corrected chi connectivity index (χ1v) is 10.5. The molecule has 1 unspecified atom stereocenters. The Bertz CT molecular complexity index is 910. The number of benzene rings is 2. The Morgan fingerprint density at radius 3 is 2.59 bits per heavy atom. The maximum absolute atomic E-state index is 12.6. The largest absolute Gasteiger partial charge is 0.494 e. The van der Waals surface area contributed by atoms with Crippen LogP contribution in [-0.2, 0) is 21.2 Å². The molecule has 1 N–H and O–H groups in total. The van der Waals surface area contributed by atoms with Gasteiger partial charge in [0.25, 0.3) is 0 Å². The fourth-order valence-electron chi connectivity index (χ4n) is 3.32.